The summed E-state index contributed by atoms with van der Waals surface area (Å²) < 4.78 is 6.83. The molecule has 3 aromatic rings. The number of hydrogen-bond acceptors (Lipinski definition) is 4. The van der Waals surface area contributed by atoms with E-state index in [0.29, 0.717) is 16.6 Å². The van der Waals surface area contributed by atoms with Gasteiger partial charge in [0.05, 0.1) is 18.0 Å². The number of ether oxygens (including phenoxy) is 1. The average Bonchev–Trinajstić information content (AvgIpc) is 3.30. The molecule has 0 radical (unpaired) electrons. The molecule has 1 aliphatic rings. The van der Waals surface area contributed by atoms with E-state index in [1.54, 1.807) is 29.8 Å². The van der Waals surface area contributed by atoms with Crippen molar-refractivity contribution in [2.75, 3.05) is 13.2 Å². The molecule has 7 heteroatoms. The highest BCUT2D eigenvalue weighted by atomic mass is 35.5. The zero-order chi connectivity index (χ0) is 23.4. The van der Waals surface area contributed by atoms with Crippen molar-refractivity contribution in [3.05, 3.63) is 70.9 Å². The Kier molecular flexibility index (Phi) is 7.14. The van der Waals surface area contributed by atoms with Crippen molar-refractivity contribution in [2.24, 2.45) is 0 Å². The van der Waals surface area contributed by atoms with E-state index in [-0.39, 0.29) is 18.2 Å². The van der Waals surface area contributed by atoms with E-state index in [0.717, 1.165) is 42.8 Å². The molecule has 0 bridgehead atoms. The summed E-state index contributed by atoms with van der Waals surface area (Å²) in [6, 6.07) is 16.7. The molecule has 1 fully saturated rings. The maximum absolute atomic E-state index is 13.1. The Morgan fingerprint density at radius 3 is 2.45 bits per heavy atom. The van der Waals surface area contributed by atoms with Gasteiger partial charge >= 0.3 is 5.97 Å². The lowest BCUT2D eigenvalue weighted by molar-refractivity contribution is 0.0518. The average molecular weight is 466 g/mol. The highest BCUT2D eigenvalue weighted by Gasteiger charge is 2.26. The normalized spacial score (nSPS) is 16.0. The van der Waals surface area contributed by atoms with E-state index in [4.69, 9.17) is 16.3 Å². The van der Waals surface area contributed by atoms with Crippen LogP contribution in [0.2, 0.25) is 5.02 Å². The van der Waals surface area contributed by atoms with Crippen molar-refractivity contribution < 1.29 is 14.3 Å². The quantitative estimate of drug-likeness (QED) is 0.433. The van der Waals surface area contributed by atoms with Gasteiger partial charge < -0.3 is 9.64 Å². The molecule has 1 unspecified atom stereocenters. The number of esters is 1. The molecule has 4 rings (SSSR count). The van der Waals surface area contributed by atoms with Crippen LogP contribution < -0.4 is 0 Å². The first kappa shape index (κ1) is 23.1. The highest BCUT2D eigenvalue weighted by molar-refractivity contribution is 6.30. The number of carbonyl (C=O) groups is 2. The zero-order valence-electron chi connectivity index (χ0n) is 19.0. The van der Waals surface area contributed by atoms with E-state index in [2.05, 4.69) is 12.0 Å². The summed E-state index contributed by atoms with van der Waals surface area (Å²) in [6.45, 7) is 4.97. The summed E-state index contributed by atoms with van der Waals surface area (Å²) in [5, 5.41) is 5.13. The van der Waals surface area contributed by atoms with Crippen LogP contribution in [-0.2, 0) is 4.74 Å². The fourth-order valence-corrected chi connectivity index (χ4v) is 4.44. The molecule has 6 nitrogen and oxygen atoms in total. The predicted molar refractivity (Wildman–Crippen MR) is 129 cm³/mol. The second kappa shape index (κ2) is 10.2. The Labute approximate surface area is 199 Å². The molecule has 0 N–H and O–H groups in total. The van der Waals surface area contributed by atoms with Gasteiger partial charge in [-0.1, -0.05) is 30.7 Å². The molecule has 1 aromatic heterocycles. The Balaban J connectivity index is 1.67. The summed E-state index contributed by atoms with van der Waals surface area (Å²) in [5.74, 6) is -0.410. The molecule has 0 saturated carbocycles. The minimum Gasteiger partial charge on any atom is -0.461 e. The number of benzene rings is 2. The Morgan fingerprint density at radius 1 is 1.06 bits per heavy atom. The molecule has 2 heterocycles. The number of halogens is 1. The van der Waals surface area contributed by atoms with Crippen LogP contribution in [0.3, 0.4) is 0 Å². The van der Waals surface area contributed by atoms with Crippen LogP contribution in [0.15, 0.2) is 54.6 Å². The molecular weight excluding hydrogens is 438 g/mol. The van der Waals surface area contributed by atoms with E-state index >= 15 is 0 Å². The molecule has 1 aliphatic heterocycles. The fourth-order valence-electron chi connectivity index (χ4n) is 4.31. The first-order chi connectivity index (χ1) is 16.0. The third-order valence-electron chi connectivity index (χ3n) is 6.05. The van der Waals surface area contributed by atoms with Gasteiger partial charge in [-0.25, -0.2) is 9.48 Å². The summed E-state index contributed by atoms with van der Waals surface area (Å²) in [7, 11) is 0. The van der Waals surface area contributed by atoms with Gasteiger partial charge in [0.1, 0.15) is 0 Å². The van der Waals surface area contributed by atoms with Gasteiger partial charge in [-0.15, -0.1) is 0 Å². The maximum Gasteiger partial charge on any atom is 0.358 e. The molecule has 1 saturated heterocycles. The fraction of sp³-hybridized carbons (Fsp3) is 0.346. The van der Waals surface area contributed by atoms with E-state index in [1.807, 2.05) is 41.3 Å². The third-order valence-corrected chi connectivity index (χ3v) is 6.30. The first-order valence-corrected chi connectivity index (χ1v) is 11.8. The lowest BCUT2D eigenvalue weighted by atomic mass is 9.99. The minimum absolute atomic E-state index is 0.0682. The largest absolute Gasteiger partial charge is 0.461 e. The van der Waals surface area contributed by atoms with Gasteiger partial charge in [-0.3, -0.25) is 4.79 Å². The number of rotatable bonds is 6. The summed E-state index contributed by atoms with van der Waals surface area (Å²) >= 11 is 6.05. The van der Waals surface area contributed by atoms with Crippen LogP contribution in [-0.4, -0.2) is 45.8 Å². The van der Waals surface area contributed by atoms with Crippen molar-refractivity contribution in [2.45, 2.75) is 45.6 Å². The zero-order valence-corrected chi connectivity index (χ0v) is 19.7. The van der Waals surface area contributed by atoms with Crippen LogP contribution in [0.1, 0.15) is 60.4 Å². The van der Waals surface area contributed by atoms with Gasteiger partial charge in [-0.2, -0.15) is 5.10 Å². The van der Waals surface area contributed by atoms with Gasteiger partial charge in [0, 0.05) is 28.7 Å². The van der Waals surface area contributed by atoms with Crippen LogP contribution in [0.4, 0.5) is 0 Å². The SMILES string of the molecule is CCOC(=O)c1cc(-c2ccc(Cl)cc2)n(-c2ccc(C(=O)N3CCCCC3CC)cc2)n1. The second-order valence-electron chi connectivity index (χ2n) is 8.16. The third kappa shape index (κ3) is 4.96. The van der Waals surface area contributed by atoms with Gasteiger partial charge in [0.2, 0.25) is 0 Å². The van der Waals surface area contributed by atoms with Gasteiger partial charge in [0.15, 0.2) is 5.69 Å². The van der Waals surface area contributed by atoms with Crippen molar-refractivity contribution in [1.82, 2.24) is 14.7 Å². The summed E-state index contributed by atoms with van der Waals surface area (Å²) in [4.78, 5) is 27.5. The van der Waals surface area contributed by atoms with Crippen molar-refractivity contribution in [1.29, 1.82) is 0 Å². The van der Waals surface area contributed by atoms with Crippen LogP contribution >= 0.6 is 11.6 Å². The van der Waals surface area contributed by atoms with Crippen molar-refractivity contribution in [3.63, 3.8) is 0 Å². The molecule has 33 heavy (non-hydrogen) atoms. The van der Waals surface area contributed by atoms with Crippen LogP contribution in [0.5, 0.6) is 0 Å². The summed E-state index contributed by atoms with van der Waals surface area (Å²) in [6.07, 6.45) is 4.26. The standard InChI is InChI=1S/C26H28ClN3O3/c1-3-21-7-5-6-16-29(21)25(31)19-10-14-22(15-11-19)30-24(18-8-12-20(27)13-9-18)17-23(28-30)26(32)33-4-2/h8-15,17,21H,3-7,16H2,1-2H3. The van der Waals surface area contributed by atoms with E-state index in [1.165, 1.54) is 6.42 Å². The monoisotopic (exact) mass is 465 g/mol. The Bertz CT molecular complexity index is 1120. The lowest BCUT2D eigenvalue weighted by Crippen LogP contribution is -2.43. The topological polar surface area (TPSA) is 64.4 Å². The maximum atomic E-state index is 13.1. The summed E-state index contributed by atoms with van der Waals surface area (Å²) in [5.41, 5.74) is 3.22. The molecular formula is C26H28ClN3O3. The number of piperidine rings is 1. The first-order valence-electron chi connectivity index (χ1n) is 11.5. The van der Waals surface area contributed by atoms with Crippen LogP contribution in [0.25, 0.3) is 16.9 Å². The number of nitrogens with zero attached hydrogens (tertiary/aromatic N) is 3. The molecule has 1 amide bonds. The Hall–Kier alpha value is -3.12. The second-order valence-corrected chi connectivity index (χ2v) is 8.59. The van der Waals surface area contributed by atoms with E-state index in [9.17, 15) is 9.59 Å². The smallest absolute Gasteiger partial charge is 0.358 e. The Morgan fingerprint density at radius 2 is 1.79 bits per heavy atom. The molecule has 1 atom stereocenters. The molecule has 172 valence electrons. The van der Waals surface area contributed by atoms with Gasteiger partial charge in [-0.05, 0) is 75.1 Å². The molecule has 2 aromatic carbocycles. The van der Waals surface area contributed by atoms with E-state index < -0.39 is 5.97 Å². The lowest BCUT2D eigenvalue weighted by Gasteiger charge is -2.35. The highest BCUT2D eigenvalue weighted by Crippen LogP contribution is 2.27. The number of carbonyl (C=O) groups excluding carboxylic acids is 2. The number of likely N-dealkylation sites (tertiary alicyclic amines) is 1. The predicted octanol–water partition coefficient (Wildman–Crippen LogP) is 5.77. The number of amides is 1. The number of hydrogen-bond donors (Lipinski definition) is 0. The van der Waals surface area contributed by atoms with Gasteiger partial charge in [0.25, 0.3) is 5.91 Å². The molecule has 0 aliphatic carbocycles. The van der Waals surface area contributed by atoms with Crippen molar-refractivity contribution >= 4 is 23.5 Å². The number of aromatic nitrogens is 2. The van der Waals surface area contributed by atoms with Crippen LogP contribution in [0, 0.1) is 0 Å². The minimum atomic E-state index is -0.478. The molecule has 0 spiro atoms. The van der Waals surface area contributed by atoms with Crippen molar-refractivity contribution in [3.8, 4) is 16.9 Å².